The van der Waals surface area contributed by atoms with Crippen LogP contribution in [0.4, 0.5) is 0 Å². The van der Waals surface area contributed by atoms with Gasteiger partial charge in [-0.15, -0.1) is 0 Å². The van der Waals surface area contributed by atoms with Crippen molar-refractivity contribution in [1.82, 2.24) is 4.90 Å². The summed E-state index contributed by atoms with van der Waals surface area (Å²) in [6.45, 7) is 9.65. The van der Waals surface area contributed by atoms with E-state index in [4.69, 9.17) is 0 Å². The number of nitrogens with zero attached hydrogens (tertiary/aromatic N) is 1. The normalized spacial score (nSPS) is 21.4. The highest BCUT2D eigenvalue weighted by molar-refractivity contribution is 5.25. The molecule has 1 unspecified atom stereocenters. The molecule has 2 nitrogen and oxygen atoms in total. The lowest BCUT2D eigenvalue weighted by Gasteiger charge is -2.28. The molecule has 0 aromatic heterocycles. The van der Waals surface area contributed by atoms with Crippen molar-refractivity contribution in [3.05, 3.63) is 29.8 Å². The predicted octanol–water partition coefficient (Wildman–Crippen LogP) is 4.23. The molecular weight excluding hydrogens is 246 g/mol. The standard InChI is InChI=1S/C18H29NO/c1-15(5-6-16-7-9-17(20)10-8-16)19-13-4-11-18(2,3)12-14-19/h7-10,15,20H,4-6,11-14H2,1-3H3. The van der Waals surface area contributed by atoms with Gasteiger partial charge in [-0.3, -0.25) is 0 Å². The zero-order valence-electron chi connectivity index (χ0n) is 13.2. The van der Waals surface area contributed by atoms with E-state index >= 15 is 0 Å². The largest absolute Gasteiger partial charge is 0.508 e. The molecule has 1 saturated heterocycles. The molecule has 2 heteroatoms. The summed E-state index contributed by atoms with van der Waals surface area (Å²) in [6, 6.07) is 8.29. The number of benzene rings is 1. The summed E-state index contributed by atoms with van der Waals surface area (Å²) in [6.07, 6.45) is 6.30. The third kappa shape index (κ3) is 4.52. The van der Waals surface area contributed by atoms with Gasteiger partial charge in [0.25, 0.3) is 0 Å². The van der Waals surface area contributed by atoms with Gasteiger partial charge in [-0.2, -0.15) is 0 Å². The number of hydrogen-bond acceptors (Lipinski definition) is 2. The van der Waals surface area contributed by atoms with Crippen LogP contribution in [0.1, 0.15) is 52.0 Å². The Morgan fingerprint density at radius 2 is 1.85 bits per heavy atom. The van der Waals surface area contributed by atoms with Crippen LogP contribution in [0.15, 0.2) is 24.3 Å². The molecule has 1 aliphatic heterocycles. The third-order valence-corrected chi connectivity index (χ3v) is 4.79. The Labute approximate surface area is 123 Å². The minimum Gasteiger partial charge on any atom is -0.508 e. The van der Waals surface area contributed by atoms with Crippen LogP contribution in [0.5, 0.6) is 5.75 Å². The fourth-order valence-electron chi connectivity index (χ4n) is 3.11. The minimum absolute atomic E-state index is 0.358. The molecule has 0 saturated carbocycles. The van der Waals surface area contributed by atoms with Crippen molar-refractivity contribution in [2.45, 2.75) is 58.9 Å². The number of phenolic OH excluding ortho intramolecular Hbond substituents is 1. The van der Waals surface area contributed by atoms with E-state index in [1.165, 1.54) is 44.3 Å². The van der Waals surface area contributed by atoms with Gasteiger partial charge in [0.05, 0.1) is 0 Å². The van der Waals surface area contributed by atoms with E-state index in [0.29, 0.717) is 17.2 Å². The summed E-state index contributed by atoms with van der Waals surface area (Å²) < 4.78 is 0. The van der Waals surface area contributed by atoms with Crippen molar-refractivity contribution in [3.8, 4) is 5.75 Å². The molecule has 0 amide bonds. The topological polar surface area (TPSA) is 23.5 Å². The Kier molecular flexibility index (Phi) is 5.09. The van der Waals surface area contributed by atoms with Gasteiger partial charge in [0, 0.05) is 6.04 Å². The van der Waals surface area contributed by atoms with Crippen molar-refractivity contribution in [2.24, 2.45) is 5.41 Å². The quantitative estimate of drug-likeness (QED) is 0.889. The molecule has 1 aliphatic rings. The van der Waals surface area contributed by atoms with E-state index in [1.54, 1.807) is 12.1 Å². The van der Waals surface area contributed by atoms with E-state index in [2.05, 4.69) is 25.7 Å². The van der Waals surface area contributed by atoms with Crippen molar-refractivity contribution < 1.29 is 5.11 Å². The van der Waals surface area contributed by atoms with E-state index in [-0.39, 0.29) is 0 Å². The average molecular weight is 275 g/mol. The van der Waals surface area contributed by atoms with Crippen LogP contribution in [-0.4, -0.2) is 29.1 Å². The molecule has 2 rings (SSSR count). The highest BCUT2D eigenvalue weighted by atomic mass is 16.3. The molecule has 1 aromatic carbocycles. The van der Waals surface area contributed by atoms with Crippen LogP contribution in [0.3, 0.4) is 0 Å². The third-order valence-electron chi connectivity index (χ3n) is 4.79. The molecule has 20 heavy (non-hydrogen) atoms. The first-order chi connectivity index (χ1) is 9.46. The zero-order valence-corrected chi connectivity index (χ0v) is 13.2. The van der Waals surface area contributed by atoms with Crippen LogP contribution in [0, 0.1) is 5.41 Å². The Morgan fingerprint density at radius 3 is 2.55 bits per heavy atom. The Morgan fingerprint density at radius 1 is 1.15 bits per heavy atom. The molecule has 1 heterocycles. The highest BCUT2D eigenvalue weighted by Crippen LogP contribution is 2.30. The van der Waals surface area contributed by atoms with Crippen molar-refractivity contribution >= 4 is 0 Å². The summed E-state index contributed by atoms with van der Waals surface area (Å²) in [7, 11) is 0. The molecule has 1 N–H and O–H groups in total. The van der Waals surface area contributed by atoms with Crippen LogP contribution < -0.4 is 0 Å². The molecule has 0 spiro atoms. The van der Waals surface area contributed by atoms with E-state index in [9.17, 15) is 5.11 Å². The van der Waals surface area contributed by atoms with Crippen molar-refractivity contribution in [1.29, 1.82) is 0 Å². The van der Waals surface area contributed by atoms with Crippen molar-refractivity contribution in [3.63, 3.8) is 0 Å². The van der Waals surface area contributed by atoms with Gasteiger partial charge in [-0.05, 0) is 75.2 Å². The number of hydrogen-bond donors (Lipinski definition) is 1. The number of rotatable bonds is 4. The molecular formula is C18H29NO. The lowest BCUT2D eigenvalue weighted by atomic mass is 9.85. The summed E-state index contributed by atoms with van der Waals surface area (Å²) in [5, 5.41) is 9.31. The van der Waals surface area contributed by atoms with Crippen molar-refractivity contribution in [2.75, 3.05) is 13.1 Å². The zero-order chi connectivity index (χ0) is 14.6. The van der Waals surface area contributed by atoms with Gasteiger partial charge in [-0.1, -0.05) is 26.0 Å². The van der Waals surface area contributed by atoms with Crippen LogP contribution >= 0.6 is 0 Å². The van der Waals surface area contributed by atoms with Gasteiger partial charge < -0.3 is 10.0 Å². The first kappa shape index (κ1) is 15.4. The number of aryl methyl sites for hydroxylation is 1. The maximum absolute atomic E-state index is 9.31. The minimum atomic E-state index is 0.358. The molecule has 0 radical (unpaired) electrons. The maximum atomic E-state index is 9.31. The second kappa shape index (κ2) is 6.62. The SMILES string of the molecule is CC(CCc1ccc(O)cc1)N1CCCC(C)(C)CC1. The fraction of sp³-hybridized carbons (Fsp3) is 0.667. The Bertz CT molecular complexity index is 410. The summed E-state index contributed by atoms with van der Waals surface area (Å²) in [4.78, 5) is 2.66. The number of aromatic hydroxyl groups is 1. The molecule has 1 aromatic rings. The maximum Gasteiger partial charge on any atom is 0.115 e. The first-order valence-electron chi connectivity index (χ1n) is 7.98. The van der Waals surface area contributed by atoms with E-state index in [1.807, 2.05) is 12.1 Å². The molecule has 1 atom stereocenters. The highest BCUT2D eigenvalue weighted by Gasteiger charge is 2.24. The van der Waals surface area contributed by atoms with Gasteiger partial charge >= 0.3 is 0 Å². The monoisotopic (exact) mass is 275 g/mol. The molecule has 0 aliphatic carbocycles. The van der Waals surface area contributed by atoms with Crippen LogP contribution in [-0.2, 0) is 6.42 Å². The average Bonchev–Trinajstić information content (AvgIpc) is 2.59. The van der Waals surface area contributed by atoms with Gasteiger partial charge in [0.2, 0.25) is 0 Å². The second-order valence-corrected chi connectivity index (χ2v) is 7.11. The summed E-state index contributed by atoms with van der Waals surface area (Å²) in [5.74, 6) is 0.358. The van der Waals surface area contributed by atoms with E-state index < -0.39 is 0 Å². The molecule has 0 bridgehead atoms. The fourth-order valence-corrected chi connectivity index (χ4v) is 3.11. The molecule has 112 valence electrons. The Hall–Kier alpha value is -1.02. The number of likely N-dealkylation sites (tertiary alicyclic amines) is 1. The number of phenols is 1. The summed E-state index contributed by atoms with van der Waals surface area (Å²) in [5.41, 5.74) is 1.84. The van der Waals surface area contributed by atoms with Gasteiger partial charge in [0.1, 0.15) is 5.75 Å². The smallest absolute Gasteiger partial charge is 0.115 e. The van der Waals surface area contributed by atoms with Gasteiger partial charge in [0.15, 0.2) is 0 Å². The first-order valence-corrected chi connectivity index (χ1v) is 7.98. The van der Waals surface area contributed by atoms with Crippen LogP contribution in [0.2, 0.25) is 0 Å². The van der Waals surface area contributed by atoms with Crippen LogP contribution in [0.25, 0.3) is 0 Å². The van der Waals surface area contributed by atoms with E-state index in [0.717, 1.165) is 6.42 Å². The lowest BCUT2D eigenvalue weighted by Crippen LogP contribution is -2.34. The lowest BCUT2D eigenvalue weighted by molar-refractivity contribution is 0.198. The molecule has 1 fully saturated rings. The summed E-state index contributed by atoms with van der Waals surface area (Å²) >= 11 is 0. The second-order valence-electron chi connectivity index (χ2n) is 7.11. The predicted molar refractivity (Wildman–Crippen MR) is 85.1 cm³/mol. The van der Waals surface area contributed by atoms with Gasteiger partial charge in [-0.25, -0.2) is 0 Å². The Balaban J connectivity index is 1.82.